The fraction of sp³-hybridized carbons (Fsp3) is 0.185. The van der Waals surface area contributed by atoms with Crippen molar-refractivity contribution in [1.29, 1.82) is 0 Å². The van der Waals surface area contributed by atoms with E-state index in [-0.39, 0.29) is 5.70 Å². The number of esters is 1. The number of hydrogen-bond acceptors (Lipinski definition) is 6. The van der Waals surface area contributed by atoms with E-state index in [2.05, 4.69) is 18.8 Å². The minimum absolute atomic E-state index is 0.228. The van der Waals surface area contributed by atoms with E-state index in [0.717, 1.165) is 16.9 Å². The van der Waals surface area contributed by atoms with Crippen LogP contribution in [0.4, 0.5) is 0 Å². The van der Waals surface area contributed by atoms with Crippen molar-refractivity contribution in [2.45, 2.75) is 13.8 Å². The standard InChI is InChI=1S/C27H25NO5/c1-18-9-11-22(15-19(18)2)31-13-14-32-24-12-10-20(17-25(24)30-3)16-23-27(29)33-26(28-23)21-7-5-4-6-8-21/h4-12,15-17H,13-14H2,1-3H3/b23-16+. The van der Waals surface area contributed by atoms with Gasteiger partial charge in [0.1, 0.15) is 19.0 Å². The highest BCUT2D eigenvalue weighted by Gasteiger charge is 2.24. The van der Waals surface area contributed by atoms with Crippen LogP contribution in [-0.2, 0) is 9.53 Å². The summed E-state index contributed by atoms with van der Waals surface area (Å²) in [5, 5.41) is 0. The van der Waals surface area contributed by atoms with E-state index >= 15 is 0 Å². The number of ether oxygens (including phenoxy) is 4. The van der Waals surface area contributed by atoms with Gasteiger partial charge in [0.15, 0.2) is 17.2 Å². The minimum atomic E-state index is -0.489. The van der Waals surface area contributed by atoms with E-state index in [1.807, 2.05) is 54.6 Å². The summed E-state index contributed by atoms with van der Waals surface area (Å²) in [5.74, 6) is 1.76. The molecule has 0 N–H and O–H groups in total. The maximum atomic E-state index is 12.2. The van der Waals surface area contributed by atoms with Crippen molar-refractivity contribution in [3.63, 3.8) is 0 Å². The monoisotopic (exact) mass is 443 g/mol. The predicted octanol–water partition coefficient (Wildman–Crippen LogP) is 5.11. The van der Waals surface area contributed by atoms with E-state index in [9.17, 15) is 4.79 Å². The molecule has 33 heavy (non-hydrogen) atoms. The fourth-order valence-electron chi connectivity index (χ4n) is 3.28. The second kappa shape index (κ2) is 10.0. The molecule has 0 spiro atoms. The molecule has 1 aliphatic rings. The summed E-state index contributed by atoms with van der Waals surface area (Å²) in [6.45, 7) is 4.89. The Bertz CT molecular complexity index is 1210. The first-order valence-corrected chi connectivity index (χ1v) is 10.6. The molecule has 0 aromatic heterocycles. The van der Waals surface area contributed by atoms with Gasteiger partial charge in [-0.25, -0.2) is 9.79 Å². The van der Waals surface area contributed by atoms with Gasteiger partial charge in [-0.05, 0) is 73.0 Å². The third kappa shape index (κ3) is 5.41. The van der Waals surface area contributed by atoms with Gasteiger partial charge >= 0.3 is 5.97 Å². The lowest BCUT2D eigenvalue weighted by Crippen LogP contribution is -2.09. The van der Waals surface area contributed by atoms with Crippen molar-refractivity contribution in [1.82, 2.24) is 0 Å². The summed E-state index contributed by atoms with van der Waals surface area (Å²) >= 11 is 0. The Morgan fingerprint density at radius 2 is 1.67 bits per heavy atom. The molecule has 168 valence electrons. The average Bonchev–Trinajstić information content (AvgIpc) is 3.20. The second-order valence-corrected chi connectivity index (χ2v) is 7.56. The van der Waals surface area contributed by atoms with Crippen LogP contribution in [0.2, 0.25) is 0 Å². The normalized spacial score (nSPS) is 14.1. The lowest BCUT2D eigenvalue weighted by atomic mass is 10.1. The maximum absolute atomic E-state index is 12.2. The molecule has 0 radical (unpaired) electrons. The quantitative estimate of drug-likeness (QED) is 0.275. The van der Waals surface area contributed by atoms with Crippen molar-refractivity contribution in [3.8, 4) is 17.2 Å². The van der Waals surface area contributed by atoms with Gasteiger partial charge in [0.2, 0.25) is 5.90 Å². The van der Waals surface area contributed by atoms with Gasteiger partial charge in [0.25, 0.3) is 0 Å². The number of nitrogens with zero attached hydrogens (tertiary/aromatic N) is 1. The summed E-state index contributed by atoms with van der Waals surface area (Å²) in [6.07, 6.45) is 1.66. The number of aliphatic imine (C=N–C) groups is 1. The Morgan fingerprint density at radius 1 is 0.879 bits per heavy atom. The number of benzene rings is 3. The highest BCUT2D eigenvalue weighted by Crippen LogP contribution is 2.30. The summed E-state index contributed by atoms with van der Waals surface area (Å²) in [7, 11) is 1.57. The largest absolute Gasteiger partial charge is 0.493 e. The first-order valence-electron chi connectivity index (χ1n) is 10.6. The van der Waals surface area contributed by atoms with Crippen molar-refractivity contribution in [2.75, 3.05) is 20.3 Å². The molecule has 1 heterocycles. The smallest absolute Gasteiger partial charge is 0.363 e. The molecule has 0 aliphatic carbocycles. The highest BCUT2D eigenvalue weighted by molar-refractivity contribution is 6.12. The lowest BCUT2D eigenvalue weighted by Gasteiger charge is -2.12. The Balaban J connectivity index is 1.40. The van der Waals surface area contributed by atoms with Crippen molar-refractivity contribution >= 4 is 17.9 Å². The SMILES string of the molecule is COc1cc(/C=C2/N=C(c3ccccc3)OC2=O)ccc1OCCOc1ccc(C)c(C)c1. The van der Waals surface area contributed by atoms with Crippen LogP contribution >= 0.6 is 0 Å². The summed E-state index contributed by atoms with van der Waals surface area (Å²) in [6, 6.07) is 20.7. The first kappa shape index (κ1) is 22.1. The number of cyclic esters (lactones) is 1. The molecular weight excluding hydrogens is 418 g/mol. The number of hydrogen-bond donors (Lipinski definition) is 0. The predicted molar refractivity (Wildman–Crippen MR) is 127 cm³/mol. The number of carbonyl (C=O) groups excluding carboxylic acids is 1. The van der Waals surface area contributed by atoms with Gasteiger partial charge in [0, 0.05) is 5.56 Å². The topological polar surface area (TPSA) is 66.4 Å². The summed E-state index contributed by atoms with van der Waals surface area (Å²) < 4.78 is 22.4. The van der Waals surface area contributed by atoms with Gasteiger partial charge < -0.3 is 18.9 Å². The summed E-state index contributed by atoms with van der Waals surface area (Å²) in [5.41, 5.74) is 4.14. The van der Waals surface area contributed by atoms with E-state index in [1.54, 1.807) is 25.3 Å². The summed E-state index contributed by atoms with van der Waals surface area (Å²) in [4.78, 5) is 16.6. The lowest BCUT2D eigenvalue weighted by molar-refractivity contribution is -0.129. The molecule has 4 rings (SSSR count). The molecule has 0 unspecified atom stereocenters. The van der Waals surface area contributed by atoms with Crippen LogP contribution in [0.3, 0.4) is 0 Å². The number of rotatable bonds is 8. The molecule has 0 bridgehead atoms. The van der Waals surface area contributed by atoms with Gasteiger partial charge in [-0.2, -0.15) is 0 Å². The van der Waals surface area contributed by atoms with Crippen LogP contribution in [0.25, 0.3) is 6.08 Å². The van der Waals surface area contributed by atoms with Gasteiger partial charge in [-0.15, -0.1) is 0 Å². The second-order valence-electron chi connectivity index (χ2n) is 7.56. The molecule has 3 aromatic carbocycles. The van der Waals surface area contributed by atoms with Gasteiger partial charge in [-0.3, -0.25) is 0 Å². The minimum Gasteiger partial charge on any atom is -0.493 e. The van der Waals surface area contributed by atoms with E-state index < -0.39 is 5.97 Å². The molecule has 3 aromatic rings. The molecule has 0 saturated carbocycles. The Kier molecular flexibility index (Phi) is 6.74. The van der Waals surface area contributed by atoms with Crippen LogP contribution in [0.5, 0.6) is 17.2 Å². The van der Waals surface area contributed by atoms with E-state index in [0.29, 0.717) is 30.6 Å². The highest BCUT2D eigenvalue weighted by atomic mass is 16.6. The molecule has 0 fully saturated rings. The molecule has 1 aliphatic heterocycles. The van der Waals surface area contributed by atoms with Gasteiger partial charge in [0.05, 0.1) is 7.11 Å². The zero-order chi connectivity index (χ0) is 23.2. The number of methoxy groups -OCH3 is 1. The third-order valence-electron chi connectivity index (χ3n) is 5.22. The first-order chi connectivity index (χ1) is 16.0. The molecule has 6 heteroatoms. The third-order valence-corrected chi connectivity index (χ3v) is 5.22. The van der Waals surface area contributed by atoms with Gasteiger partial charge in [-0.1, -0.05) is 30.3 Å². The molecule has 6 nitrogen and oxygen atoms in total. The molecular formula is C27H25NO5. The number of aryl methyl sites for hydroxylation is 2. The molecule has 0 saturated heterocycles. The Labute approximate surface area is 193 Å². The van der Waals surface area contributed by atoms with Crippen LogP contribution < -0.4 is 14.2 Å². The van der Waals surface area contributed by atoms with Crippen molar-refractivity contribution in [3.05, 3.63) is 94.7 Å². The zero-order valence-corrected chi connectivity index (χ0v) is 18.8. The van der Waals surface area contributed by atoms with Crippen molar-refractivity contribution < 1.29 is 23.7 Å². The number of carbonyl (C=O) groups is 1. The van der Waals surface area contributed by atoms with Crippen LogP contribution in [-0.4, -0.2) is 32.2 Å². The Morgan fingerprint density at radius 3 is 2.42 bits per heavy atom. The fourth-order valence-corrected chi connectivity index (χ4v) is 3.28. The average molecular weight is 443 g/mol. The van der Waals surface area contributed by atoms with Crippen LogP contribution in [0, 0.1) is 13.8 Å². The van der Waals surface area contributed by atoms with Crippen LogP contribution in [0.1, 0.15) is 22.3 Å². The van der Waals surface area contributed by atoms with Crippen LogP contribution in [0.15, 0.2) is 77.4 Å². The van der Waals surface area contributed by atoms with E-state index in [4.69, 9.17) is 18.9 Å². The molecule has 0 amide bonds. The maximum Gasteiger partial charge on any atom is 0.363 e. The van der Waals surface area contributed by atoms with Crippen molar-refractivity contribution in [2.24, 2.45) is 4.99 Å². The van der Waals surface area contributed by atoms with E-state index in [1.165, 1.54) is 11.1 Å². The Hall–Kier alpha value is -4.06. The zero-order valence-electron chi connectivity index (χ0n) is 18.8. The molecule has 0 atom stereocenters.